The van der Waals surface area contributed by atoms with Crippen LogP contribution in [-0.4, -0.2) is 12.6 Å². The molecule has 0 atom stereocenters. The first-order valence-electron chi connectivity index (χ1n) is 9.33. The molecule has 0 radical (unpaired) electrons. The SMILES string of the molecule is Cc1cc(OCCc2ccc(F)cc2F)cc(C)c1C(=O)OCc1ccccc1. The third-order valence-corrected chi connectivity index (χ3v) is 4.58. The van der Waals surface area contributed by atoms with Crippen molar-refractivity contribution in [2.45, 2.75) is 26.9 Å². The zero-order chi connectivity index (χ0) is 20.8. The van der Waals surface area contributed by atoms with E-state index in [1.807, 2.05) is 44.2 Å². The summed E-state index contributed by atoms with van der Waals surface area (Å²) < 4.78 is 37.8. The van der Waals surface area contributed by atoms with Crippen LogP contribution in [0.5, 0.6) is 5.75 Å². The van der Waals surface area contributed by atoms with Gasteiger partial charge in [0.15, 0.2) is 0 Å². The first kappa shape index (κ1) is 20.5. The topological polar surface area (TPSA) is 35.5 Å². The van der Waals surface area contributed by atoms with E-state index < -0.39 is 11.6 Å². The molecule has 29 heavy (non-hydrogen) atoms. The highest BCUT2D eigenvalue weighted by Crippen LogP contribution is 2.23. The lowest BCUT2D eigenvalue weighted by Crippen LogP contribution is -2.10. The number of rotatable bonds is 7. The third-order valence-electron chi connectivity index (χ3n) is 4.58. The van der Waals surface area contributed by atoms with Crippen molar-refractivity contribution in [2.24, 2.45) is 0 Å². The van der Waals surface area contributed by atoms with E-state index in [0.29, 0.717) is 23.3 Å². The van der Waals surface area contributed by atoms with Gasteiger partial charge in [0.25, 0.3) is 0 Å². The molecule has 3 nitrogen and oxygen atoms in total. The zero-order valence-corrected chi connectivity index (χ0v) is 16.4. The number of carbonyl (C=O) groups excluding carboxylic acids is 1. The summed E-state index contributed by atoms with van der Waals surface area (Å²) in [6.45, 7) is 4.08. The largest absolute Gasteiger partial charge is 0.493 e. The van der Waals surface area contributed by atoms with Gasteiger partial charge in [-0.15, -0.1) is 0 Å². The summed E-state index contributed by atoms with van der Waals surface area (Å²) in [5, 5.41) is 0. The minimum Gasteiger partial charge on any atom is -0.493 e. The van der Waals surface area contributed by atoms with Crippen LogP contribution in [0.2, 0.25) is 0 Å². The van der Waals surface area contributed by atoms with Crippen molar-refractivity contribution in [1.82, 2.24) is 0 Å². The maximum Gasteiger partial charge on any atom is 0.339 e. The predicted molar refractivity (Wildman–Crippen MR) is 107 cm³/mol. The molecule has 0 aliphatic carbocycles. The summed E-state index contributed by atoms with van der Waals surface area (Å²) in [7, 11) is 0. The highest BCUT2D eigenvalue weighted by molar-refractivity contribution is 5.93. The molecule has 0 saturated heterocycles. The molecule has 3 aromatic carbocycles. The molecular weight excluding hydrogens is 374 g/mol. The second kappa shape index (κ2) is 9.32. The Kier molecular flexibility index (Phi) is 6.60. The summed E-state index contributed by atoms with van der Waals surface area (Å²) in [5.74, 6) is -0.989. The number of halogens is 2. The molecule has 0 bridgehead atoms. The molecule has 0 fully saturated rings. The van der Waals surface area contributed by atoms with Gasteiger partial charge in [0.1, 0.15) is 24.0 Å². The standard InChI is InChI=1S/C24H22F2O3/c1-16-12-21(28-11-10-19-8-9-20(25)14-22(19)26)13-17(2)23(16)24(27)29-15-18-6-4-3-5-7-18/h3-9,12-14H,10-11,15H2,1-2H3. The van der Waals surface area contributed by atoms with Crippen LogP contribution in [0.15, 0.2) is 60.7 Å². The van der Waals surface area contributed by atoms with Gasteiger partial charge in [0.05, 0.1) is 12.2 Å². The van der Waals surface area contributed by atoms with E-state index in [4.69, 9.17) is 9.47 Å². The molecule has 0 aromatic heterocycles. The predicted octanol–water partition coefficient (Wildman–Crippen LogP) is 5.56. The van der Waals surface area contributed by atoms with Crippen LogP contribution >= 0.6 is 0 Å². The van der Waals surface area contributed by atoms with Crippen LogP contribution in [0.3, 0.4) is 0 Å². The van der Waals surface area contributed by atoms with Gasteiger partial charge in [-0.3, -0.25) is 0 Å². The molecular formula is C24H22F2O3. The smallest absolute Gasteiger partial charge is 0.339 e. The van der Waals surface area contributed by atoms with Crippen molar-refractivity contribution in [2.75, 3.05) is 6.61 Å². The minimum atomic E-state index is -0.604. The number of hydrogen-bond acceptors (Lipinski definition) is 3. The Morgan fingerprint density at radius 3 is 2.28 bits per heavy atom. The average molecular weight is 396 g/mol. The van der Waals surface area contributed by atoms with Crippen molar-refractivity contribution in [1.29, 1.82) is 0 Å². The van der Waals surface area contributed by atoms with Crippen LogP contribution < -0.4 is 4.74 Å². The molecule has 0 aliphatic rings. The Balaban J connectivity index is 1.61. The summed E-state index contributed by atoms with van der Waals surface area (Å²) >= 11 is 0. The highest BCUT2D eigenvalue weighted by Gasteiger charge is 2.16. The van der Waals surface area contributed by atoms with Crippen molar-refractivity contribution >= 4 is 5.97 Å². The average Bonchev–Trinajstić information content (AvgIpc) is 2.68. The fourth-order valence-corrected chi connectivity index (χ4v) is 3.13. The van der Waals surface area contributed by atoms with E-state index >= 15 is 0 Å². The molecule has 0 spiro atoms. The lowest BCUT2D eigenvalue weighted by molar-refractivity contribution is 0.0471. The first-order valence-corrected chi connectivity index (χ1v) is 9.33. The fourth-order valence-electron chi connectivity index (χ4n) is 3.13. The van der Waals surface area contributed by atoms with Gasteiger partial charge in [0, 0.05) is 12.5 Å². The van der Waals surface area contributed by atoms with Crippen LogP contribution in [0.25, 0.3) is 0 Å². The van der Waals surface area contributed by atoms with Gasteiger partial charge in [-0.2, -0.15) is 0 Å². The van der Waals surface area contributed by atoms with Gasteiger partial charge < -0.3 is 9.47 Å². The maximum absolute atomic E-state index is 13.7. The Morgan fingerprint density at radius 2 is 1.62 bits per heavy atom. The first-order chi connectivity index (χ1) is 13.9. The van der Waals surface area contributed by atoms with Crippen molar-refractivity contribution in [3.63, 3.8) is 0 Å². The molecule has 5 heteroatoms. The fraction of sp³-hybridized carbons (Fsp3) is 0.208. The van der Waals surface area contributed by atoms with E-state index in [1.54, 1.807) is 12.1 Å². The summed E-state index contributed by atoms with van der Waals surface area (Å²) in [6, 6.07) is 16.5. The second-order valence-corrected chi connectivity index (χ2v) is 6.83. The Labute approximate surface area is 168 Å². The zero-order valence-electron chi connectivity index (χ0n) is 16.4. The second-order valence-electron chi connectivity index (χ2n) is 6.83. The number of esters is 1. The highest BCUT2D eigenvalue weighted by atomic mass is 19.1. The van der Waals surface area contributed by atoms with E-state index in [1.165, 1.54) is 12.1 Å². The number of hydrogen-bond donors (Lipinski definition) is 0. The molecule has 0 saturated carbocycles. The van der Waals surface area contributed by atoms with Gasteiger partial charge >= 0.3 is 5.97 Å². The summed E-state index contributed by atoms with van der Waals surface area (Å²) in [5.41, 5.74) is 3.31. The summed E-state index contributed by atoms with van der Waals surface area (Å²) in [4.78, 5) is 12.5. The monoisotopic (exact) mass is 396 g/mol. The van der Waals surface area contributed by atoms with Crippen LogP contribution in [0.4, 0.5) is 8.78 Å². The Bertz CT molecular complexity index is 977. The van der Waals surface area contributed by atoms with Gasteiger partial charge in [-0.05, 0) is 54.3 Å². The maximum atomic E-state index is 13.7. The van der Waals surface area contributed by atoms with Crippen LogP contribution in [0.1, 0.15) is 32.6 Å². The number of aryl methyl sites for hydroxylation is 2. The number of ether oxygens (including phenoxy) is 2. The van der Waals surface area contributed by atoms with Gasteiger partial charge in [-0.25, -0.2) is 13.6 Å². The minimum absolute atomic E-state index is 0.208. The van der Waals surface area contributed by atoms with E-state index in [-0.39, 0.29) is 19.2 Å². The van der Waals surface area contributed by atoms with Crippen molar-refractivity contribution < 1.29 is 23.0 Å². The molecule has 0 amide bonds. The van der Waals surface area contributed by atoms with E-state index in [0.717, 1.165) is 22.8 Å². The third kappa shape index (κ3) is 5.41. The molecule has 0 aliphatic heterocycles. The van der Waals surface area contributed by atoms with Crippen LogP contribution in [0, 0.1) is 25.5 Å². The molecule has 0 unspecified atom stereocenters. The summed E-state index contributed by atoms with van der Waals surface area (Å²) in [6.07, 6.45) is 0.311. The van der Waals surface area contributed by atoms with Gasteiger partial charge in [-0.1, -0.05) is 36.4 Å². The lowest BCUT2D eigenvalue weighted by Gasteiger charge is -2.13. The molecule has 150 valence electrons. The molecule has 3 rings (SSSR count). The Hall–Kier alpha value is -3.21. The number of carbonyl (C=O) groups is 1. The van der Waals surface area contributed by atoms with Crippen molar-refractivity contribution in [3.05, 3.63) is 100 Å². The Morgan fingerprint density at radius 1 is 0.931 bits per heavy atom. The van der Waals surface area contributed by atoms with E-state index in [9.17, 15) is 13.6 Å². The van der Waals surface area contributed by atoms with E-state index in [2.05, 4.69) is 0 Å². The molecule has 0 N–H and O–H groups in total. The normalized spacial score (nSPS) is 10.6. The van der Waals surface area contributed by atoms with Gasteiger partial charge in [0.2, 0.25) is 0 Å². The number of benzene rings is 3. The van der Waals surface area contributed by atoms with Crippen molar-refractivity contribution in [3.8, 4) is 5.75 Å². The lowest BCUT2D eigenvalue weighted by atomic mass is 10.0. The van der Waals surface area contributed by atoms with Crippen LogP contribution in [-0.2, 0) is 17.8 Å². The molecule has 3 aromatic rings. The quantitative estimate of drug-likeness (QED) is 0.491. The molecule has 0 heterocycles.